The van der Waals surface area contributed by atoms with Crippen molar-refractivity contribution in [2.45, 2.75) is 25.9 Å². The minimum atomic E-state index is 0.320. The van der Waals surface area contributed by atoms with E-state index >= 15 is 0 Å². The number of methoxy groups -OCH3 is 2. The molecule has 7 nitrogen and oxygen atoms in total. The predicted octanol–water partition coefficient (Wildman–Crippen LogP) is 2.43. The van der Waals surface area contributed by atoms with Crippen LogP contribution in [0, 0.1) is 0 Å². The molecule has 0 saturated carbocycles. The van der Waals surface area contributed by atoms with Gasteiger partial charge in [-0.3, -0.25) is 0 Å². The van der Waals surface area contributed by atoms with E-state index in [4.69, 9.17) is 9.47 Å². The molecule has 1 aliphatic rings. The normalized spacial score (nSPS) is 16.8. The van der Waals surface area contributed by atoms with Crippen molar-refractivity contribution < 1.29 is 9.47 Å². The van der Waals surface area contributed by atoms with Crippen molar-refractivity contribution in [2.75, 3.05) is 38.8 Å². The van der Waals surface area contributed by atoms with E-state index < -0.39 is 0 Å². The van der Waals surface area contributed by atoms with Gasteiger partial charge in [0, 0.05) is 31.7 Å². The Morgan fingerprint density at radius 2 is 2.04 bits per heavy atom. The lowest BCUT2D eigenvalue weighted by Gasteiger charge is -2.22. The van der Waals surface area contributed by atoms with Gasteiger partial charge in [-0.15, -0.1) is 0 Å². The molecule has 1 unspecified atom stereocenters. The number of guanidine groups is 1. The van der Waals surface area contributed by atoms with Crippen molar-refractivity contribution >= 4 is 11.6 Å². The minimum Gasteiger partial charge on any atom is -0.495 e. The first-order chi connectivity index (χ1) is 13.7. The zero-order valence-corrected chi connectivity index (χ0v) is 16.8. The van der Waals surface area contributed by atoms with Crippen LogP contribution in [0.5, 0.6) is 11.6 Å². The van der Waals surface area contributed by atoms with Crippen LogP contribution in [0.2, 0.25) is 0 Å². The van der Waals surface area contributed by atoms with Crippen molar-refractivity contribution in [3.05, 3.63) is 48.2 Å². The molecule has 1 atom stereocenters. The first-order valence-electron chi connectivity index (χ1n) is 9.66. The molecule has 0 radical (unpaired) electrons. The van der Waals surface area contributed by atoms with Crippen molar-refractivity contribution in [2.24, 2.45) is 4.99 Å². The van der Waals surface area contributed by atoms with Gasteiger partial charge in [0.2, 0.25) is 5.88 Å². The highest BCUT2D eigenvalue weighted by Crippen LogP contribution is 2.30. The summed E-state index contributed by atoms with van der Waals surface area (Å²) >= 11 is 0. The maximum Gasteiger partial charge on any atom is 0.213 e. The summed E-state index contributed by atoms with van der Waals surface area (Å²) < 4.78 is 10.7. The minimum absolute atomic E-state index is 0.320. The van der Waals surface area contributed by atoms with Crippen LogP contribution in [0.1, 0.15) is 19.0 Å². The van der Waals surface area contributed by atoms with E-state index in [0.717, 1.165) is 49.1 Å². The van der Waals surface area contributed by atoms with Crippen LogP contribution < -0.4 is 25.0 Å². The zero-order valence-electron chi connectivity index (χ0n) is 16.8. The van der Waals surface area contributed by atoms with Crippen LogP contribution in [0.3, 0.4) is 0 Å². The summed E-state index contributed by atoms with van der Waals surface area (Å²) in [5.74, 6) is 2.32. The Kier molecular flexibility index (Phi) is 6.94. The molecule has 1 fully saturated rings. The van der Waals surface area contributed by atoms with Crippen molar-refractivity contribution in [1.82, 2.24) is 15.6 Å². The van der Waals surface area contributed by atoms with E-state index in [0.29, 0.717) is 18.5 Å². The number of hydrogen-bond donors (Lipinski definition) is 2. The molecular formula is C21H29N5O2. The average Bonchev–Trinajstić information content (AvgIpc) is 3.20. The number of rotatable bonds is 7. The SMILES string of the molecule is CCNC(=NCc1cccc(OC)n1)NC1CCN(c2ccccc2OC)C1. The van der Waals surface area contributed by atoms with Crippen LogP contribution in [-0.2, 0) is 6.54 Å². The highest BCUT2D eigenvalue weighted by molar-refractivity contribution is 5.80. The highest BCUT2D eigenvalue weighted by Gasteiger charge is 2.25. The molecule has 2 N–H and O–H groups in total. The fourth-order valence-corrected chi connectivity index (χ4v) is 3.32. The van der Waals surface area contributed by atoms with Gasteiger partial charge in [-0.1, -0.05) is 18.2 Å². The molecule has 28 heavy (non-hydrogen) atoms. The third-order valence-corrected chi connectivity index (χ3v) is 4.69. The van der Waals surface area contributed by atoms with Crippen molar-refractivity contribution in [3.63, 3.8) is 0 Å². The van der Waals surface area contributed by atoms with Crippen LogP contribution in [0.4, 0.5) is 5.69 Å². The summed E-state index contributed by atoms with van der Waals surface area (Å²) in [6, 6.07) is 14.2. The number of nitrogens with one attached hydrogen (secondary N) is 2. The lowest BCUT2D eigenvalue weighted by molar-refractivity contribution is 0.396. The van der Waals surface area contributed by atoms with Gasteiger partial charge in [-0.05, 0) is 31.5 Å². The lowest BCUT2D eigenvalue weighted by Crippen LogP contribution is -2.44. The Labute approximate surface area is 166 Å². The van der Waals surface area contributed by atoms with Gasteiger partial charge < -0.3 is 25.0 Å². The second-order valence-electron chi connectivity index (χ2n) is 6.61. The van der Waals surface area contributed by atoms with E-state index in [1.165, 1.54) is 0 Å². The molecule has 0 amide bonds. The van der Waals surface area contributed by atoms with Gasteiger partial charge in [-0.25, -0.2) is 9.98 Å². The van der Waals surface area contributed by atoms with Crippen LogP contribution in [0.15, 0.2) is 47.5 Å². The van der Waals surface area contributed by atoms with Gasteiger partial charge in [0.15, 0.2) is 5.96 Å². The second kappa shape index (κ2) is 9.82. The number of para-hydroxylation sites is 2. The fraction of sp³-hybridized carbons (Fsp3) is 0.429. The monoisotopic (exact) mass is 383 g/mol. The van der Waals surface area contributed by atoms with E-state index in [1.807, 2.05) is 36.4 Å². The summed E-state index contributed by atoms with van der Waals surface area (Å²) in [6.07, 6.45) is 1.04. The lowest BCUT2D eigenvalue weighted by atomic mass is 10.2. The number of anilines is 1. The van der Waals surface area contributed by atoms with Crippen molar-refractivity contribution in [1.29, 1.82) is 0 Å². The van der Waals surface area contributed by atoms with E-state index in [9.17, 15) is 0 Å². The van der Waals surface area contributed by atoms with Gasteiger partial charge in [0.05, 0.1) is 32.1 Å². The first kappa shape index (κ1) is 19.8. The molecule has 1 aliphatic heterocycles. The molecule has 150 valence electrons. The number of ether oxygens (including phenoxy) is 2. The molecule has 3 rings (SSSR count). The molecule has 2 aromatic rings. The largest absolute Gasteiger partial charge is 0.495 e. The molecular weight excluding hydrogens is 354 g/mol. The van der Waals surface area contributed by atoms with E-state index in [2.05, 4.69) is 38.5 Å². The topological polar surface area (TPSA) is 71.0 Å². The predicted molar refractivity (Wildman–Crippen MR) is 112 cm³/mol. The fourth-order valence-electron chi connectivity index (χ4n) is 3.32. The number of nitrogens with zero attached hydrogens (tertiary/aromatic N) is 3. The third kappa shape index (κ3) is 5.06. The van der Waals surface area contributed by atoms with E-state index in [1.54, 1.807) is 14.2 Å². The summed E-state index contributed by atoms with van der Waals surface area (Å²) in [5.41, 5.74) is 2.01. The number of benzene rings is 1. The summed E-state index contributed by atoms with van der Waals surface area (Å²) in [7, 11) is 3.34. The van der Waals surface area contributed by atoms with Gasteiger partial charge in [-0.2, -0.15) is 0 Å². The Balaban J connectivity index is 1.62. The van der Waals surface area contributed by atoms with Gasteiger partial charge in [0.25, 0.3) is 0 Å². The molecule has 1 aromatic heterocycles. The number of hydrogen-bond acceptors (Lipinski definition) is 5. The number of aliphatic imine (C=N–C) groups is 1. The quantitative estimate of drug-likeness (QED) is 0.565. The Bertz CT molecular complexity index is 796. The Morgan fingerprint density at radius 3 is 2.82 bits per heavy atom. The summed E-state index contributed by atoms with van der Waals surface area (Å²) in [4.78, 5) is 11.5. The number of aromatic nitrogens is 1. The van der Waals surface area contributed by atoms with Crippen LogP contribution >= 0.6 is 0 Å². The second-order valence-corrected chi connectivity index (χ2v) is 6.61. The van der Waals surface area contributed by atoms with Crippen LogP contribution in [-0.4, -0.2) is 50.8 Å². The van der Waals surface area contributed by atoms with E-state index in [-0.39, 0.29) is 0 Å². The van der Waals surface area contributed by atoms with Crippen LogP contribution in [0.25, 0.3) is 0 Å². The maximum atomic E-state index is 5.50. The standard InChI is InChI=1S/C21H29N5O2/c1-4-22-21(23-14-16-8-7-11-20(24-16)28-3)25-17-12-13-26(15-17)18-9-5-6-10-19(18)27-2/h5-11,17H,4,12-15H2,1-3H3,(H2,22,23,25). The smallest absolute Gasteiger partial charge is 0.213 e. The molecule has 1 aromatic carbocycles. The highest BCUT2D eigenvalue weighted by atomic mass is 16.5. The summed E-state index contributed by atoms with van der Waals surface area (Å²) in [6.45, 7) is 5.25. The Hall–Kier alpha value is -2.96. The third-order valence-electron chi connectivity index (χ3n) is 4.69. The summed E-state index contributed by atoms with van der Waals surface area (Å²) in [5, 5.41) is 6.87. The first-order valence-corrected chi connectivity index (χ1v) is 9.66. The molecule has 0 bridgehead atoms. The molecule has 0 aliphatic carbocycles. The number of pyridine rings is 1. The Morgan fingerprint density at radius 1 is 1.18 bits per heavy atom. The molecule has 7 heteroatoms. The molecule has 1 saturated heterocycles. The zero-order chi connectivity index (χ0) is 19.8. The van der Waals surface area contributed by atoms with Gasteiger partial charge >= 0.3 is 0 Å². The maximum absolute atomic E-state index is 5.50. The van der Waals surface area contributed by atoms with Crippen molar-refractivity contribution in [3.8, 4) is 11.6 Å². The van der Waals surface area contributed by atoms with Gasteiger partial charge in [0.1, 0.15) is 5.75 Å². The molecule has 0 spiro atoms. The average molecular weight is 383 g/mol. The molecule has 2 heterocycles.